The summed E-state index contributed by atoms with van der Waals surface area (Å²) in [6.45, 7) is 4.74. The van der Waals surface area contributed by atoms with Crippen molar-refractivity contribution >= 4 is 35.6 Å². The molecule has 3 aromatic rings. The molecule has 2 saturated carbocycles. The Morgan fingerprint density at radius 1 is 0.880 bits per heavy atom. The summed E-state index contributed by atoms with van der Waals surface area (Å²) in [5.74, 6) is -8.66. The molecule has 16 heteroatoms. The molecular weight excluding hydrogens is 711 g/mol. The molecule has 50 heavy (non-hydrogen) atoms. The molecule has 6 rings (SSSR count). The SMILES string of the molecule is C=C(C)C(=O)OC1C2CC3C(OC(=O)C31)C2C(=O)OC(C(F)(F)F)C(F)(F)S(=O)(O)(O)S(c1ccccc1)(c1ccccc1)c1ccccc1. The summed E-state index contributed by atoms with van der Waals surface area (Å²) in [4.78, 5) is 37.5. The van der Waals surface area contributed by atoms with Crippen LogP contribution in [0.15, 0.2) is 118 Å². The third-order valence-electron chi connectivity index (χ3n) is 9.39. The zero-order valence-corrected chi connectivity index (χ0v) is 27.7. The molecule has 0 amide bonds. The van der Waals surface area contributed by atoms with Crippen LogP contribution in [0.25, 0.3) is 0 Å². The fourth-order valence-electron chi connectivity index (χ4n) is 7.32. The van der Waals surface area contributed by atoms with Gasteiger partial charge in [-0.05, 0) is 49.7 Å². The minimum atomic E-state index is -8.13. The zero-order valence-electron chi connectivity index (χ0n) is 26.1. The van der Waals surface area contributed by atoms with Crippen molar-refractivity contribution in [2.45, 2.75) is 57.8 Å². The molecule has 3 aliphatic rings. The van der Waals surface area contributed by atoms with E-state index in [0.29, 0.717) is 0 Å². The van der Waals surface area contributed by atoms with Crippen LogP contribution in [0.1, 0.15) is 13.3 Å². The summed E-state index contributed by atoms with van der Waals surface area (Å²) in [5.41, 5.74) is -0.0836. The number of ether oxygens (including phenoxy) is 3. The van der Waals surface area contributed by atoms with Crippen molar-refractivity contribution in [2.75, 3.05) is 0 Å². The van der Waals surface area contributed by atoms with Crippen LogP contribution in [0.3, 0.4) is 0 Å². The van der Waals surface area contributed by atoms with Gasteiger partial charge in [0.1, 0.15) is 24.0 Å². The van der Waals surface area contributed by atoms with Gasteiger partial charge in [-0.25, -0.2) is 9.00 Å². The lowest BCUT2D eigenvalue weighted by Crippen LogP contribution is -2.63. The molecule has 2 aliphatic carbocycles. The van der Waals surface area contributed by atoms with E-state index in [4.69, 9.17) is 9.47 Å². The van der Waals surface area contributed by atoms with Crippen LogP contribution >= 0.6 is 9.06 Å². The molecule has 2 N–H and O–H groups in total. The lowest BCUT2D eigenvalue weighted by atomic mass is 9.80. The van der Waals surface area contributed by atoms with Gasteiger partial charge in [-0.1, -0.05) is 70.2 Å². The van der Waals surface area contributed by atoms with E-state index >= 15 is 8.78 Å². The molecule has 0 radical (unpaired) electrons. The van der Waals surface area contributed by atoms with Crippen molar-refractivity contribution in [1.29, 1.82) is 0 Å². The van der Waals surface area contributed by atoms with Gasteiger partial charge < -0.3 is 14.2 Å². The summed E-state index contributed by atoms with van der Waals surface area (Å²) in [6.07, 6.45) is -13.7. The minimum absolute atomic E-state index is 0.0506. The summed E-state index contributed by atoms with van der Waals surface area (Å²) < 4.78 is 132. The third-order valence-corrected chi connectivity index (χ3v) is 19.3. The fourth-order valence-corrected chi connectivity index (χ4v) is 17.1. The first-order valence-electron chi connectivity index (χ1n) is 15.2. The van der Waals surface area contributed by atoms with Crippen molar-refractivity contribution < 1.29 is 63.9 Å². The Morgan fingerprint density at radius 2 is 1.34 bits per heavy atom. The average molecular weight is 743 g/mol. The van der Waals surface area contributed by atoms with Gasteiger partial charge in [-0.15, -0.1) is 0 Å². The Morgan fingerprint density at radius 3 is 1.76 bits per heavy atom. The van der Waals surface area contributed by atoms with E-state index in [1.54, 1.807) is 0 Å². The van der Waals surface area contributed by atoms with Crippen molar-refractivity contribution in [3.63, 3.8) is 0 Å². The van der Waals surface area contributed by atoms with E-state index in [2.05, 4.69) is 11.3 Å². The first-order valence-corrected chi connectivity index (χ1v) is 19.2. The third kappa shape index (κ3) is 5.09. The molecule has 268 valence electrons. The lowest BCUT2D eigenvalue weighted by molar-refractivity contribution is -0.263. The molecule has 2 bridgehead atoms. The number of hydrogen-bond donors (Lipinski definition) is 2. The maximum absolute atomic E-state index is 17.0. The standard InChI is InChI=1S/C34H31F5O9S2/c1-19(2)29(40)46-27-24-18-23-25(27)30(41)47-28(23)26(24)31(42)48-32(33(35,36)37)34(38,39)50(43,44,45)49(20-12-6-3-7-13-20,21-14-8-4-9-15-21)22-16-10-5-11-17-22/h3-17,23-28,32H,1,18H2,2H3,(H2,43,44,45). The molecule has 3 aromatic carbocycles. The molecular formula is C34H31F5O9S2. The van der Waals surface area contributed by atoms with Crippen LogP contribution < -0.4 is 0 Å². The van der Waals surface area contributed by atoms with Crippen LogP contribution in [-0.4, -0.2) is 61.0 Å². The van der Waals surface area contributed by atoms with Crippen LogP contribution in [-0.2, 0) is 37.3 Å². The van der Waals surface area contributed by atoms with Gasteiger partial charge in [-0.3, -0.25) is 18.7 Å². The highest BCUT2D eigenvalue weighted by Crippen LogP contribution is 2.83. The van der Waals surface area contributed by atoms with Crippen molar-refractivity contribution in [3.8, 4) is 0 Å². The Hall–Kier alpha value is -4.12. The monoisotopic (exact) mass is 742 g/mol. The van der Waals surface area contributed by atoms with Crippen LogP contribution in [0, 0.1) is 23.7 Å². The Kier molecular flexibility index (Phi) is 8.56. The topological polar surface area (TPSA) is 136 Å². The Labute approximate surface area is 283 Å². The number of alkyl halides is 5. The Balaban J connectivity index is 1.48. The average Bonchev–Trinajstić information content (AvgIpc) is 3.68. The van der Waals surface area contributed by atoms with Gasteiger partial charge in [0.25, 0.3) is 6.10 Å². The summed E-state index contributed by atoms with van der Waals surface area (Å²) in [7, 11) is -12.8. The van der Waals surface area contributed by atoms with Crippen molar-refractivity contribution in [3.05, 3.63) is 103 Å². The summed E-state index contributed by atoms with van der Waals surface area (Å²) >= 11 is 0. The fraction of sp³-hybridized carbons (Fsp3) is 0.324. The van der Waals surface area contributed by atoms with E-state index < -0.39 is 104 Å². The molecule has 1 saturated heterocycles. The van der Waals surface area contributed by atoms with E-state index in [1.165, 1.54) is 61.5 Å². The van der Waals surface area contributed by atoms with Crippen molar-refractivity contribution in [2.24, 2.45) is 23.7 Å². The molecule has 1 heterocycles. The highest BCUT2D eigenvalue weighted by molar-refractivity contribution is 8.97. The molecule has 9 nitrogen and oxygen atoms in total. The van der Waals surface area contributed by atoms with Gasteiger partial charge in [0, 0.05) is 32.1 Å². The van der Waals surface area contributed by atoms with Crippen LogP contribution in [0.2, 0.25) is 0 Å². The van der Waals surface area contributed by atoms with Crippen molar-refractivity contribution in [1.82, 2.24) is 0 Å². The predicted molar refractivity (Wildman–Crippen MR) is 169 cm³/mol. The normalized spacial score (nSPS) is 26.3. The van der Waals surface area contributed by atoms with E-state index in [-0.39, 0.29) is 12.0 Å². The van der Waals surface area contributed by atoms with Gasteiger partial charge in [0.05, 0.1) is 0 Å². The molecule has 1 aliphatic heterocycles. The first-order chi connectivity index (χ1) is 23.3. The van der Waals surface area contributed by atoms with Gasteiger partial charge >= 0.3 is 29.3 Å². The highest BCUT2D eigenvalue weighted by atomic mass is 33.2. The number of fused-ring (bicyclic) bond motifs is 1. The number of carbonyl (C=O) groups excluding carboxylic acids is 3. The lowest BCUT2D eigenvalue weighted by Gasteiger charge is -2.57. The number of esters is 3. The maximum Gasteiger partial charge on any atom is 0.432 e. The minimum Gasteiger partial charge on any atom is -0.461 e. The van der Waals surface area contributed by atoms with Gasteiger partial charge in [0.2, 0.25) is 0 Å². The smallest absolute Gasteiger partial charge is 0.432 e. The maximum atomic E-state index is 17.0. The second-order valence-corrected chi connectivity index (χ2v) is 20.3. The summed E-state index contributed by atoms with van der Waals surface area (Å²) in [5, 5.41) is -6.14. The summed E-state index contributed by atoms with van der Waals surface area (Å²) in [6, 6.07) is 18.9. The Bertz CT molecular complexity index is 1800. The number of rotatable bonds is 10. The van der Waals surface area contributed by atoms with Crippen LogP contribution in [0.4, 0.5) is 22.0 Å². The second-order valence-electron chi connectivity index (χ2n) is 12.4. The van der Waals surface area contributed by atoms with Gasteiger partial charge in [0.15, 0.2) is 8.66 Å². The van der Waals surface area contributed by atoms with Crippen LogP contribution in [0.5, 0.6) is 0 Å². The van der Waals surface area contributed by atoms with E-state index in [0.717, 1.165) is 36.4 Å². The van der Waals surface area contributed by atoms with E-state index in [9.17, 15) is 40.9 Å². The quantitative estimate of drug-likeness (QED) is 0.0739. The molecule has 7 atom stereocenters. The second kappa shape index (κ2) is 12.0. The molecule has 3 fully saturated rings. The number of halogens is 5. The zero-order chi connectivity index (χ0) is 36.5. The van der Waals surface area contributed by atoms with Gasteiger partial charge in [-0.2, -0.15) is 22.0 Å². The van der Waals surface area contributed by atoms with E-state index in [1.807, 2.05) is 0 Å². The largest absolute Gasteiger partial charge is 0.461 e. The number of hydrogen-bond acceptors (Lipinski definition) is 7. The predicted octanol–water partition coefficient (Wildman–Crippen LogP) is 7.01. The molecule has 0 aromatic heterocycles. The first kappa shape index (κ1) is 35.7. The number of benzene rings is 3. The molecule has 7 unspecified atom stereocenters. The highest BCUT2D eigenvalue weighted by Gasteiger charge is 2.78. The number of carbonyl (C=O) groups is 3. The molecule has 0 spiro atoms.